The highest BCUT2D eigenvalue weighted by Crippen LogP contribution is 2.20. The molecule has 2 atom stereocenters. The van der Waals surface area contributed by atoms with Crippen LogP contribution in [0.2, 0.25) is 5.22 Å². The number of halogens is 1. The topological polar surface area (TPSA) is 75.4 Å². The average molecular weight is 337 g/mol. The van der Waals surface area contributed by atoms with E-state index in [2.05, 4.69) is 10.5 Å². The lowest BCUT2D eigenvalue weighted by molar-refractivity contribution is -0.122. The van der Waals surface area contributed by atoms with E-state index >= 15 is 0 Å². The largest absolute Gasteiger partial charge is 0.391 e. The number of amides is 1. The summed E-state index contributed by atoms with van der Waals surface area (Å²) < 4.78 is 4.86. The molecule has 5 nitrogen and oxygen atoms in total. The van der Waals surface area contributed by atoms with E-state index < -0.39 is 6.10 Å². The van der Waals surface area contributed by atoms with E-state index in [4.69, 9.17) is 16.1 Å². The summed E-state index contributed by atoms with van der Waals surface area (Å²) in [5.74, 6) is -0.138. The lowest BCUT2D eigenvalue weighted by Gasteiger charge is -2.20. The van der Waals surface area contributed by atoms with Gasteiger partial charge in [-0.3, -0.25) is 4.79 Å². The van der Waals surface area contributed by atoms with Crippen LogP contribution in [0.3, 0.4) is 0 Å². The third-order valence-corrected chi connectivity index (χ3v) is 4.09. The molecule has 2 rings (SSSR count). The van der Waals surface area contributed by atoms with Crippen LogP contribution in [-0.2, 0) is 17.6 Å². The van der Waals surface area contributed by atoms with Gasteiger partial charge in [-0.05, 0) is 37.4 Å². The first-order valence-corrected chi connectivity index (χ1v) is 7.97. The Bertz CT molecular complexity index is 623. The monoisotopic (exact) mass is 336 g/mol. The zero-order valence-electron chi connectivity index (χ0n) is 13.3. The maximum atomic E-state index is 12.0. The first kappa shape index (κ1) is 17.5. The molecule has 0 saturated heterocycles. The Morgan fingerprint density at radius 1 is 1.39 bits per heavy atom. The summed E-state index contributed by atoms with van der Waals surface area (Å²) in [4.78, 5) is 12.0. The summed E-state index contributed by atoms with van der Waals surface area (Å²) in [6.07, 6.45) is 0.590. The maximum absolute atomic E-state index is 12.0. The van der Waals surface area contributed by atoms with E-state index in [1.54, 1.807) is 13.8 Å². The fourth-order valence-corrected chi connectivity index (χ4v) is 2.60. The van der Waals surface area contributed by atoms with Crippen molar-refractivity contribution < 1.29 is 14.4 Å². The summed E-state index contributed by atoms with van der Waals surface area (Å²) in [6.45, 7) is 3.58. The van der Waals surface area contributed by atoms with Gasteiger partial charge in [0.2, 0.25) is 11.1 Å². The molecule has 0 aliphatic carbocycles. The number of benzene rings is 1. The third-order valence-electron chi connectivity index (χ3n) is 3.79. The van der Waals surface area contributed by atoms with Crippen molar-refractivity contribution in [2.75, 3.05) is 0 Å². The molecular weight excluding hydrogens is 316 g/mol. The van der Waals surface area contributed by atoms with Crippen LogP contribution in [0.1, 0.15) is 30.2 Å². The summed E-state index contributed by atoms with van der Waals surface area (Å²) >= 11 is 5.87. The molecule has 0 aliphatic rings. The van der Waals surface area contributed by atoms with Gasteiger partial charge in [0.1, 0.15) is 0 Å². The third kappa shape index (κ3) is 5.08. The van der Waals surface area contributed by atoms with Gasteiger partial charge in [0.15, 0.2) is 0 Å². The van der Waals surface area contributed by atoms with Gasteiger partial charge in [-0.15, -0.1) is 0 Å². The minimum absolute atomic E-state index is 0.138. The van der Waals surface area contributed by atoms with Gasteiger partial charge in [0.05, 0.1) is 17.8 Å². The number of aromatic nitrogens is 1. The Balaban J connectivity index is 1.80. The van der Waals surface area contributed by atoms with Crippen LogP contribution in [-0.4, -0.2) is 28.3 Å². The van der Waals surface area contributed by atoms with Gasteiger partial charge >= 0.3 is 0 Å². The Morgan fingerprint density at radius 2 is 2.09 bits per heavy atom. The van der Waals surface area contributed by atoms with Crippen LogP contribution in [0.5, 0.6) is 0 Å². The van der Waals surface area contributed by atoms with Crippen molar-refractivity contribution in [1.29, 1.82) is 0 Å². The molecule has 6 heteroatoms. The number of aliphatic hydroxyl groups is 1. The van der Waals surface area contributed by atoms with Gasteiger partial charge in [-0.1, -0.05) is 35.5 Å². The van der Waals surface area contributed by atoms with Crippen LogP contribution < -0.4 is 5.32 Å². The second kappa shape index (κ2) is 8.13. The van der Waals surface area contributed by atoms with E-state index in [-0.39, 0.29) is 23.6 Å². The molecular formula is C17H21ClN2O3. The van der Waals surface area contributed by atoms with Crippen LogP contribution in [0.25, 0.3) is 0 Å². The molecule has 2 N–H and O–H groups in total. The number of nitrogens with zero attached hydrogens (tertiary/aromatic N) is 1. The van der Waals surface area contributed by atoms with Crippen molar-refractivity contribution in [2.24, 2.45) is 0 Å². The normalized spacial score (nSPS) is 13.6. The molecule has 2 aromatic rings. The Morgan fingerprint density at radius 3 is 2.70 bits per heavy atom. The number of hydrogen-bond donors (Lipinski definition) is 2. The fraction of sp³-hybridized carbons (Fsp3) is 0.412. The van der Waals surface area contributed by atoms with Crippen LogP contribution >= 0.6 is 11.6 Å². The molecule has 0 radical (unpaired) electrons. The zero-order valence-corrected chi connectivity index (χ0v) is 14.0. The van der Waals surface area contributed by atoms with E-state index in [0.717, 1.165) is 11.1 Å². The second-order valence-electron chi connectivity index (χ2n) is 5.63. The van der Waals surface area contributed by atoms with E-state index in [1.165, 1.54) is 0 Å². The highest BCUT2D eigenvalue weighted by atomic mass is 35.5. The predicted octanol–water partition coefficient (Wildman–Crippen LogP) is 2.68. The average Bonchev–Trinajstić information content (AvgIpc) is 2.85. The predicted molar refractivity (Wildman–Crippen MR) is 88.3 cm³/mol. The van der Waals surface area contributed by atoms with Crippen LogP contribution in [0, 0.1) is 6.92 Å². The first-order valence-electron chi connectivity index (χ1n) is 7.59. The number of rotatable bonds is 7. The van der Waals surface area contributed by atoms with Gasteiger partial charge in [-0.2, -0.15) is 0 Å². The SMILES string of the molecule is Cc1noc(Cl)c1CCC(=O)NC(C)C(O)Cc1ccccc1. The van der Waals surface area contributed by atoms with Crippen molar-refractivity contribution in [3.63, 3.8) is 0 Å². The van der Waals surface area contributed by atoms with Crippen molar-refractivity contribution in [3.8, 4) is 0 Å². The molecule has 2 unspecified atom stereocenters. The Kier molecular flexibility index (Phi) is 6.19. The number of aliphatic hydroxyl groups excluding tert-OH is 1. The van der Waals surface area contributed by atoms with E-state index in [0.29, 0.717) is 18.5 Å². The van der Waals surface area contributed by atoms with E-state index in [9.17, 15) is 9.90 Å². The minimum atomic E-state index is -0.637. The summed E-state index contributed by atoms with van der Waals surface area (Å²) in [5.41, 5.74) is 2.48. The van der Waals surface area contributed by atoms with Gasteiger partial charge < -0.3 is 14.9 Å². The summed E-state index contributed by atoms with van der Waals surface area (Å²) in [6, 6.07) is 9.36. The molecule has 0 saturated carbocycles. The van der Waals surface area contributed by atoms with Crippen LogP contribution in [0.4, 0.5) is 0 Å². The molecule has 1 amide bonds. The molecule has 0 bridgehead atoms. The minimum Gasteiger partial charge on any atom is -0.391 e. The molecule has 0 aliphatic heterocycles. The second-order valence-corrected chi connectivity index (χ2v) is 5.98. The van der Waals surface area contributed by atoms with Crippen molar-refractivity contribution in [2.45, 2.75) is 45.3 Å². The lowest BCUT2D eigenvalue weighted by atomic mass is 10.0. The number of aryl methyl sites for hydroxylation is 1. The highest BCUT2D eigenvalue weighted by molar-refractivity contribution is 6.29. The van der Waals surface area contributed by atoms with Crippen LogP contribution in [0.15, 0.2) is 34.9 Å². The zero-order chi connectivity index (χ0) is 16.8. The molecule has 23 heavy (non-hydrogen) atoms. The highest BCUT2D eigenvalue weighted by Gasteiger charge is 2.18. The fourth-order valence-electron chi connectivity index (χ4n) is 2.33. The maximum Gasteiger partial charge on any atom is 0.229 e. The van der Waals surface area contributed by atoms with E-state index in [1.807, 2.05) is 30.3 Å². The molecule has 0 spiro atoms. The lowest BCUT2D eigenvalue weighted by Crippen LogP contribution is -2.42. The molecule has 124 valence electrons. The molecule has 1 aromatic carbocycles. The Hall–Kier alpha value is -1.85. The number of hydrogen-bond acceptors (Lipinski definition) is 4. The summed E-state index contributed by atoms with van der Waals surface area (Å²) in [7, 11) is 0. The van der Waals surface area contributed by atoms with Crippen molar-refractivity contribution in [1.82, 2.24) is 10.5 Å². The number of nitrogens with one attached hydrogen (secondary N) is 1. The van der Waals surface area contributed by atoms with Gasteiger partial charge in [-0.25, -0.2) is 0 Å². The molecule has 1 aromatic heterocycles. The number of carbonyl (C=O) groups excluding carboxylic acids is 1. The molecule has 0 fully saturated rings. The quantitative estimate of drug-likeness (QED) is 0.815. The number of carbonyl (C=O) groups is 1. The van der Waals surface area contributed by atoms with Gasteiger partial charge in [0, 0.05) is 18.4 Å². The summed E-state index contributed by atoms with van der Waals surface area (Å²) in [5, 5.41) is 17.0. The van der Waals surface area contributed by atoms with Gasteiger partial charge in [0.25, 0.3) is 0 Å². The first-order chi connectivity index (χ1) is 11.0. The van der Waals surface area contributed by atoms with Crippen molar-refractivity contribution in [3.05, 3.63) is 52.4 Å². The van der Waals surface area contributed by atoms with Crippen molar-refractivity contribution >= 4 is 17.5 Å². The Labute approximate surface area is 140 Å². The molecule has 1 heterocycles. The smallest absolute Gasteiger partial charge is 0.229 e. The standard InChI is InChI=1S/C17H21ClN2O3/c1-11-14(17(18)23-20-11)8-9-16(22)19-12(2)15(21)10-13-6-4-3-5-7-13/h3-7,12,15,21H,8-10H2,1-2H3,(H,19,22).